The summed E-state index contributed by atoms with van der Waals surface area (Å²) in [5, 5.41) is 3.36. The number of likely N-dealkylation sites (tertiary alicyclic amines) is 1. The monoisotopic (exact) mass is 328 g/mol. The number of ether oxygens (including phenoxy) is 1. The molecule has 0 bridgehead atoms. The lowest BCUT2D eigenvalue weighted by molar-refractivity contribution is 0.111. The van der Waals surface area contributed by atoms with Gasteiger partial charge in [-0.3, -0.25) is 0 Å². The lowest BCUT2D eigenvalue weighted by atomic mass is 9.84. The largest absolute Gasteiger partial charge is 0.494 e. The molecule has 2 heterocycles. The third kappa shape index (κ3) is 5.09. The quantitative estimate of drug-likeness (QED) is 0.800. The molecule has 1 saturated heterocycles. The van der Waals surface area contributed by atoms with Gasteiger partial charge in [-0.1, -0.05) is 32.1 Å². The van der Waals surface area contributed by atoms with Gasteiger partial charge in [-0.25, -0.2) is 0 Å². The molecular weight excluding hydrogens is 296 g/mol. The van der Waals surface area contributed by atoms with Gasteiger partial charge in [0.2, 0.25) is 0 Å². The third-order valence-electron chi connectivity index (χ3n) is 5.16. The van der Waals surface area contributed by atoms with Crippen LogP contribution in [0.1, 0.15) is 45.1 Å². The van der Waals surface area contributed by atoms with Crippen molar-refractivity contribution in [2.75, 3.05) is 39.3 Å². The smallest absolute Gasteiger partial charge is 0.119 e. The van der Waals surface area contributed by atoms with Crippen LogP contribution >= 0.6 is 0 Å². The fraction of sp³-hybridized carbons (Fsp3) is 0.619. The number of benzene rings is 1. The molecule has 132 valence electrons. The minimum absolute atomic E-state index is 0.484. The topological polar surface area (TPSA) is 24.5 Å². The summed E-state index contributed by atoms with van der Waals surface area (Å²) in [6, 6.07) is 8.61. The van der Waals surface area contributed by atoms with E-state index in [0.29, 0.717) is 5.41 Å². The summed E-state index contributed by atoms with van der Waals surface area (Å²) in [4.78, 5) is 2.60. The summed E-state index contributed by atoms with van der Waals surface area (Å²) in [5.74, 6) is 0.993. The Morgan fingerprint density at radius 1 is 1.21 bits per heavy atom. The molecule has 3 rings (SSSR count). The Morgan fingerprint density at radius 3 is 2.75 bits per heavy atom. The van der Waals surface area contributed by atoms with Gasteiger partial charge in [0.15, 0.2) is 0 Å². The zero-order valence-corrected chi connectivity index (χ0v) is 15.3. The maximum absolute atomic E-state index is 5.93. The average Bonchev–Trinajstić information content (AvgIpc) is 2.59. The van der Waals surface area contributed by atoms with E-state index in [9.17, 15) is 0 Å². The van der Waals surface area contributed by atoms with E-state index in [-0.39, 0.29) is 0 Å². The number of rotatable bonds is 6. The number of piperidine rings is 1. The van der Waals surface area contributed by atoms with Crippen molar-refractivity contribution >= 4 is 5.57 Å². The molecule has 0 aromatic heterocycles. The van der Waals surface area contributed by atoms with Crippen LogP contribution in [0, 0.1) is 5.41 Å². The summed E-state index contributed by atoms with van der Waals surface area (Å²) in [7, 11) is 0. The molecule has 0 aliphatic carbocycles. The highest BCUT2D eigenvalue weighted by Gasteiger charge is 2.25. The number of nitrogens with zero attached hydrogens (tertiary/aromatic N) is 1. The van der Waals surface area contributed by atoms with Gasteiger partial charge in [0, 0.05) is 19.6 Å². The SMILES string of the molecule is CC1(C)CCCN(CCCOc2ccc(C3=CCNCC3)cc2)C1. The Morgan fingerprint density at radius 2 is 2.04 bits per heavy atom. The van der Waals surface area contributed by atoms with Gasteiger partial charge in [-0.15, -0.1) is 0 Å². The summed E-state index contributed by atoms with van der Waals surface area (Å²) >= 11 is 0. The predicted octanol–water partition coefficient (Wildman–Crippen LogP) is 3.95. The Kier molecular flexibility index (Phi) is 5.96. The normalized spacial score (nSPS) is 21.3. The highest BCUT2D eigenvalue weighted by atomic mass is 16.5. The van der Waals surface area contributed by atoms with Crippen LogP contribution in [0.4, 0.5) is 0 Å². The van der Waals surface area contributed by atoms with Crippen LogP contribution in [0.15, 0.2) is 30.3 Å². The van der Waals surface area contributed by atoms with Gasteiger partial charge in [-0.05, 0) is 67.5 Å². The van der Waals surface area contributed by atoms with Crippen LogP contribution in [0.5, 0.6) is 5.75 Å². The molecule has 1 aromatic carbocycles. The van der Waals surface area contributed by atoms with E-state index in [1.807, 2.05) is 0 Å². The molecule has 1 fully saturated rings. The first-order valence-electron chi connectivity index (χ1n) is 9.48. The van der Waals surface area contributed by atoms with E-state index < -0.39 is 0 Å². The fourth-order valence-electron chi connectivity index (χ4n) is 3.86. The summed E-state index contributed by atoms with van der Waals surface area (Å²) in [5.41, 5.74) is 3.27. The second-order valence-corrected chi connectivity index (χ2v) is 7.95. The maximum Gasteiger partial charge on any atom is 0.119 e. The van der Waals surface area contributed by atoms with E-state index in [2.05, 4.69) is 54.4 Å². The number of hydrogen-bond donors (Lipinski definition) is 1. The van der Waals surface area contributed by atoms with Crippen LogP contribution in [-0.4, -0.2) is 44.2 Å². The maximum atomic E-state index is 5.93. The van der Waals surface area contributed by atoms with Gasteiger partial charge in [0.25, 0.3) is 0 Å². The third-order valence-corrected chi connectivity index (χ3v) is 5.16. The summed E-state index contributed by atoms with van der Waals surface area (Å²) in [6.45, 7) is 11.3. The molecule has 1 N–H and O–H groups in total. The molecule has 24 heavy (non-hydrogen) atoms. The van der Waals surface area contributed by atoms with Crippen LogP contribution in [0.2, 0.25) is 0 Å². The summed E-state index contributed by atoms with van der Waals surface area (Å²) in [6.07, 6.45) is 7.21. The molecule has 3 nitrogen and oxygen atoms in total. The Balaban J connectivity index is 1.40. The highest BCUT2D eigenvalue weighted by molar-refractivity contribution is 5.67. The van der Waals surface area contributed by atoms with E-state index in [0.717, 1.165) is 44.8 Å². The zero-order chi connectivity index (χ0) is 16.8. The minimum Gasteiger partial charge on any atom is -0.494 e. The number of hydrogen-bond acceptors (Lipinski definition) is 3. The molecule has 0 saturated carbocycles. The molecule has 1 aromatic rings. The van der Waals surface area contributed by atoms with Gasteiger partial charge in [0.05, 0.1) is 6.61 Å². The van der Waals surface area contributed by atoms with Crippen molar-refractivity contribution in [3.8, 4) is 5.75 Å². The molecular formula is C21H32N2O. The van der Waals surface area contributed by atoms with Crippen molar-refractivity contribution in [3.63, 3.8) is 0 Å². The first-order chi connectivity index (χ1) is 11.6. The van der Waals surface area contributed by atoms with Crippen LogP contribution in [0.25, 0.3) is 5.57 Å². The molecule has 0 spiro atoms. The molecule has 2 aliphatic rings. The standard InChI is InChI=1S/C21H32N2O/c1-21(2)11-3-14-23(17-21)15-4-16-24-20-7-5-18(6-8-20)19-9-12-22-13-10-19/h5-9,22H,3-4,10-17H2,1-2H3. The number of nitrogens with one attached hydrogen (secondary N) is 1. The lowest BCUT2D eigenvalue weighted by Crippen LogP contribution is -2.40. The van der Waals surface area contributed by atoms with E-state index >= 15 is 0 Å². The van der Waals surface area contributed by atoms with Crippen molar-refractivity contribution in [1.82, 2.24) is 10.2 Å². The molecule has 0 atom stereocenters. The van der Waals surface area contributed by atoms with Gasteiger partial charge in [0.1, 0.15) is 5.75 Å². The van der Waals surface area contributed by atoms with E-state index in [4.69, 9.17) is 4.74 Å². The van der Waals surface area contributed by atoms with E-state index in [1.165, 1.54) is 37.1 Å². The fourth-order valence-corrected chi connectivity index (χ4v) is 3.86. The first-order valence-corrected chi connectivity index (χ1v) is 9.48. The molecule has 2 aliphatic heterocycles. The van der Waals surface area contributed by atoms with Crippen molar-refractivity contribution in [2.24, 2.45) is 5.41 Å². The Labute approximate surface area is 147 Å². The van der Waals surface area contributed by atoms with Gasteiger partial charge >= 0.3 is 0 Å². The second kappa shape index (κ2) is 8.17. The zero-order valence-electron chi connectivity index (χ0n) is 15.3. The Bertz CT molecular complexity index is 547. The lowest BCUT2D eigenvalue weighted by Gasteiger charge is -2.38. The second-order valence-electron chi connectivity index (χ2n) is 7.95. The molecule has 0 amide bonds. The van der Waals surface area contributed by atoms with Crippen LogP contribution < -0.4 is 10.1 Å². The predicted molar refractivity (Wildman–Crippen MR) is 101 cm³/mol. The molecule has 0 unspecified atom stereocenters. The van der Waals surface area contributed by atoms with Crippen molar-refractivity contribution < 1.29 is 4.74 Å². The van der Waals surface area contributed by atoms with Gasteiger partial charge < -0.3 is 15.0 Å². The van der Waals surface area contributed by atoms with E-state index in [1.54, 1.807) is 0 Å². The van der Waals surface area contributed by atoms with Crippen molar-refractivity contribution in [3.05, 3.63) is 35.9 Å². The average molecular weight is 329 g/mol. The first kappa shape index (κ1) is 17.5. The molecule has 0 radical (unpaired) electrons. The Hall–Kier alpha value is -1.32. The van der Waals surface area contributed by atoms with Crippen LogP contribution in [-0.2, 0) is 0 Å². The molecule has 3 heteroatoms. The van der Waals surface area contributed by atoms with Gasteiger partial charge in [-0.2, -0.15) is 0 Å². The summed E-state index contributed by atoms with van der Waals surface area (Å²) < 4.78 is 5.93. The minimum atomic E-state index is 0.484. The van der Waals surface area contributed by atoms with Crippen molar-refractivity contribution in [1.29, 1.82) is 0 Å². The van der Waals surface area contributed by atoms with Crippen molar-refractivity contribution in [2.45, 2.75) is 39.5 Å². The van der Waals surface area contributed by atoms with Crippen LogP contribution in [0.3, 0.4) is 0 Å². The highest BCUT2D eigenvalue weighted by Crippen LogP contribution is 2.28.